The minimum absolute atomic E-state index is 0.112. The van der Waals surface area contributed by atoms with Crippen LogP contribution in [-0.4, -0.2) is 67.3 Å². The Morgan fingerprint density at radius 2 is 1.71 bits per heavy atom. The number of aliphatic hydroxyl groups is 1. The summed E-state index contributed by atoms with van der Waals surface area (Å²) in [4.78, 5) is 27.0. The lowest BCUT2D eigenvalue weighted by Gasteiger charge is -2.25. The molecule has 1 rings (SSSR count). The van der Waals surface area contributed by atoms with Crippen molar-refractivity contribution in [1.29, 1.82) is 0 Å². The van der Waals surface area contributed by atoms with Gasteiger partial charge in [-0.3, -0.25) is 9.59 Å². The number of hydrogen-bond donors (Lipinski definition) is 3. The Hall–Kier alpha value is -2.12. The third kappa shape index (κ3) is 12.4. The largest absolute Gasteiger partial charge is 0.497 e. The fourth-order valence-electron chi connectivity index (χ4n) is 3.82. The van der Waals surface area contributed by atoms with Gasteiger partial charge in [-0.15, -0.1) is 0 Å². The first kappa shape index (κ1) is 29.9. The van der Waals surface area contributed by atoms with E-state index in [0.29, 0.717) is 31.7 Å². The highest BCUT2D eigenvalue weighted by Crippen LogP contribution is 2.14. The van der Waals surface area contributed by atoms with Crippen LogP contribution in [0.2, 0.25) is 0 Å². The number of amides is 2. The Morgan fingerprint density at radius 1 is 1.06 bits per heavy atom. The molecule has 0 aromatic heterocycles. The van der Waals surface area contributed by atoms with Crippen LogP contribution in [0.1, 0.15) is 71.8 Å². The van der Waals surface area contributed by atoms with E-state index < -0.39 is 12.1 Å². The normalized spacial score (nSPS) is 12.9. The van der Waals surface area contributed by atoms with Crippen LogP contribution in [0.25, 0.3) is 0 Å². The van der Waals surface area contributed by atoms with E-state index in [1.54, 1.807) is 7.11 Å². The van der Waals surface area contributed by atoms with Crippen molar-refractivity contribution in [3.8, 4) is 5.75 Å². The summed E-state index contributed by atoms with van der Waals surface area (Å²) in [5, 5.41) is 17.1. The van der Waals surface area contributed by atoms with Gasteiger partial charge in [0.05, 0.1) is 19.3 Å². The lowest BCUT2D eigenvalue weighted by atomic mass is 10.00. The molecule has 0 spiro atoms. The van der Waals surface area contributed by atoms with Gasteiger partial charge in [-0.25, -0.2) is 0 Å². The van der Waals surface area contributed by atoms with Gasteiger partial charge in [0.1, 0.15) is 5.75 Å². The zero-order valence-corrected chi connectivity index (χ0v) is 21.9. The molecule has 0 heterocycles. The van der Waals surface area contributed by atoms with Crippen LogP contribution in [-0.2, 0) is 16.0 Å². The molecule has 0 saturated carbocycles. The standard InChI is InChI=1S/C27H47N3O4/c1-6-17-30(18-7-2)27(33)10-8-9-26(32)29-24(25(31)20-28-16-15-21(3)4)19-22-11-13-23(34-5)14-12-22/h11-14,21,24-25,28,31H,6-10,15-20H2,1-5H3,(H,29,32)/t24-,25+/m0/s1. The van der Waals surface area contributed by atoms with Gasteiger partial charge in [0, 0.05) is 32.5 Å². The van der Waals surface area contributed by atoms with E-state index in [1.165, 1.54) is 0 Å². The van der Waals surface area contributed by atoms with E-state index in [2.05, 4.69) is 38.3 Å². The van der Waals surface area contributed by atoms with Gasteiger partial charge < -0.3 is 25.4 Å². The third-order valence-corrected chi connectivity index (χ3v) is 5.81. The summed E-state index contributed by atoms with van der Waals surface area (Å²) in [6.45, 7) is 11.2. The number of benzene rings is 1. The Kier molecular flexibility index (Phi) is 15.3. The smallest absolute Gasteiger partial charge is 0.222 e. The molecule has 0 bridgehead atoms. The molecule has 0 saturated heterocycles. The maximum absolute atomic E-state index is 12.7. The molecule has 0 aliphatic rings. The van der Waals surface area contributed by atoms with E-state index >= 15 is 0 Å². The highest BCUT2D eigenvalue weighted by atomic mass is 16.5. The first-order chi connectivity index (χ1) is 16.3. The number of ether oxygens (including phenoxy) is 1. The van der Waals surface area contributed by atoms with Crippen molar-refractivity contribution in [3.05, 3.63) is 29.8 Å². The van der Waals surface area contributed by atoms with Crippen molar-refractivity contribution in [1.82, 2.24) is 15.5 Å². The molecular formula is C27H47N3O4. The number of carbonyl (C=O) groups is 2. The van der Waals surface area contributed by atoms with Gasteiger partial charge >= 0.3 is 0 Å². The lowest BCUT2D eigenvalue weighted by Crippen LogP contribution is -2.48. The molecule has 2 amide bonds. The van der Waals surface area contributed by atoms with Crippen molar-refractivity contribution >= 4 is 11.8 Å². The molecule has 7 heteroatoms. The maximum atomic E-state index is 12.7. The molecule has 0 aliphatic carbocycles. The fourth-order valence-corrected chi connectivity index (χ4v) is 3.82. The number of methoxy groups -OCH3 is 1. The van der Waals surface area contributed by atoms with Gasteiger partial charge in [0.15, 0.2) is 0 Å². The molecule has 194 valence electrons. The van der Waals surface area contributed by atoms with E-state index in [0.717, 1.165) is 50.2 Å². The van der Waals surface area contributed by atoms with Gasteiger partial charge in [-0.1, -0.05) is 39.8 Å². The van der Waals surface area contributed by atoms with E-state index in [4.69, 9.17) is 4.74 Å². The number of carbonyl (C=O) groups excluding carboxylic acids is 2. The molecule has 2 atom stereocenters. The predicted octanol–water partition coefficient (Wildman–Crippen LogP) is 3.54. The Morgan fingerprint density at radius 3 is 2.26 bits per heavy atom. The van der Waals surface area contributed by atoms with Gasteiger partial charge in [-0.2, -0.15) is 0 Å². The Balaban J connectivity index is 2.65. The Bertz CT molecular complexity index is 688. The maximum Gasteiger partial charge on any atom is 0.222 e. The summed E-state index contributed by atoms with van der Waals surface area (Å²) in [5.74, 6) is 1.34. The van der Waals surface area contributed by atoms with Crippen LogP contribution < -0.4 is 15.4 Å². The number of nitrogens with zero attached hydrogens (tertiary/aromatic N) is 1. The summed E-state index contributed by atoms with van der Waals surface area (Å²) in [7, 11) is 1.62. The third-order valence-electron chi connectivity index (χ3n) is 5.81. The molecular weight excluding hydrogens is 430 g/mol. The minimum Gasteiger partial charge on any atom is -0.497 e. The minimum atomic E-state index is -0.718. The molecule has 1 aromatic rings. The molecule has 0 unspecified atom stereocenters. The SMILES string of the molecule is CCCN(CCC)C(=O)CCCC(=O)N[C@@H](Cc1ccc(OC)cc1)[C@H](O)CNCCC(C)C. The number of nitrogens with one attached hydrogen (secondary N) is 2. The molecule has 0 radical (unpaired) electrons. The second-order valence-corrected chi connectivity index (χ2v) is 9.41. The van der Waals surface area contributed by atoms with Crippen molar-refractivity contribution in [2.45, 2.75) is 84.8 Å². The molecule has 0 fully saturated rings. The molecule has 7 nitrogen and oxygen atoms in total. The monoisotopic (exact) mass is 477 g/mol. The second-order valence-electron chi connectivity index (χ2n) is 9.41. The molecule has 34 heavy (non-hydrogen) atoms. The first-order valence-electron chi connectivity index (χ1n) is 12.9. The zero-order valence-electron chi connectivity index (χ0n) is 21.9. The summed E-state index contributed by atoms with van der Waals surface area (Å²) >= 11 is 0. The average molecular weight is 478 g/mol. The Labute approximate surface area is 206 Å². The average Bonchev–Trinajstić information content (AvgIpc) is 2.81. The van der Waals surface area contributed by atoms with Crippen molar-refractivity contribution < 1.29 is 19.4 Å². The van der Waals surface area contributed by atoms with Crippen LogP contribution >= 0.6 is 0 Å². The van der Waals surface area contributed by atoms with Crippen molar-refractivity contribution in [2.75, 3.05) is 33.3 Å². The highest BCUT2D eigenvalue weighted by molar-refractivity contribution is 5.79. The molecule has 0 aliphatic heterocycles. The van der Waals surface area contributed by atoms with Crippen LogP contribution in [0.5, 0.6) is 5.75 Å². The van der Waals surface area contributed by atoms with Crippen molar-refractivity contribution in [2.24, 2.45) is 5.92 Å². The van der Waals surface area contributed by atoms with E-state index in [1.807, 2.05) is 29.2 Å². The fraction of sp³-hybridized carbons (Fsp3) is 0.704. The van der Waals surface area contributed by atoms with Gasteiger partial charge in [0.25, 0.3) is 0 Å². The van der Waals surface area contributed by atoms with Crippen LogP contribution in [0.4, 0.5) is 0 Å². The van der Waals surface area contributed by atoms with Crippen LogP contribution in [0, 0.1) is 5.92 Å². The topological polar surface area (TPSA) is 90.9 Å². The number of hydrogen-bond acceptors (Lipinski definition) is 5. The van der Waals surface area contributed by atoms with Gasteiger partial charge in [-0.05, 0) is 62.3 Å². The number of aliphatic hydroxyl groups excluding tert-OH is 1. The zero-order chi connectivity index (χ0) is 25.3. The number of rotatable bonds is 18. The lowest BCUT2D eigenvalue weighted by molar-refractivity contribution is -0.131. The molecule has 1 aromatic carbocycles. The van der Waals surface area contributed by atoms with E-state index in [9.17, 15) is 14.7 Å². The van der Waals surface area contributed by atoms with Crippen LogP contribution in [0.3, 0.4) is 0 Å². The van der Waals surface area contributed by atoms with E-state index in [-0.39, 0.29) is 18.2 Å². The first-order valence-corrected chi connectivity index (χ1v) is 12.9. The quantitative estimate of drug-likeness (QED) is 0.281. The summed E-state index contributed by atoms with van der Waals surface area (Å²) in [6, 6.07) is 7.24. The predicted molar refractivity (Wildman–Crippen MR) is 138 cm³/mol. The van der Waals surface area contributed by atoms with Crippen molar-refractivity contribution in [3.63, 3.8) is 0 Å². The summed E-state index contributed by atoms with van der Waals surface area (Å²) in [6.07, 6.45) is 3.84. The van der Waals surface area contributed by atoms with Crippen LogP contribution in [0.15, 0.2) is 24.3 Å². The summed E-state index contributed by atoms with van der Waals surface area (Å²) < 4.78 is 5.22. The highest BCUT2D eigenvalue weighted by Gasteiger charge is 2.22. The van der Waals surface area contributed by atoms with Gasteiger partial charge in [0.2, 0.25) is 11.8 Å². The summed E-state index contributed by atoms with van der Waals surface area (Å²) in [5.41, 5.74) is 1.01. The molecule has 3 N–H and O–H groups in total. The second kappa shape index (κ2) is 17.3.